The van der Waals surface area contributed by atoms with E-state index in [-0.39, 0.29) is 6.42 Å². The summed E-state index contributed by atoms with van der Waals surface area (Å²) < 4.78 is 89.6. The Morgan fingerprint density at radius 3 is 0.607 bits per heavy atom. The van der Waals surface area contributed by atoms with Crippen LogP contribution in [0.3, 0.4) is 0 Å². The van der Waals surface area contributed by atoms with Crippen LogP contribution in [0.5, 0.6) is 0 Å². The lowest BCUT2D eigenvalue weighted by molar-refractivity contribution is -0.362. The van der Waals surface area contributed by atoms with Crippen LogP contribution in [0.4, 0.5) is 0 Å². The number of rotatable bonds is 34. The van der Waals surface area contributed by atoms with Gasteiger partial charge in [0, 0.05) is 12.8 Å². The van der Waals surface area contributed by atoms with Gasteiger partial charge in [-0.15, -0.1) is 0 Å². The number of carbonyl (C=O) groups is 2. The van der Waals surface area contributed by atoms with Crippen molar-refractivity contribution in [3.05, 3.63) is 0 Å². The van der Waals surface area contributed by atoms with E-state index in [0.717, 1.165) is 0 Å². The molecule has 0 aromatic heterocycles. The van der Waals surface area contributed by atoms with E-state index in [1.807, 2.05) is 0 Å². The van der Waals surface area contributed by atoms with Gasteiger partial charge >= 0.3 is 0 Å². The molecule has 0 unspecified atom stereocenters. The molecule has 0 spiro atoms. The Morgan fingerprint density at radius 2 is 0.421 bits per heavy atom. The van der Waals surface area contributed by atoms with Gasteiger partial charge in [0.05, 0.1) is 91.4 Å². The first-order chi connectivity index (χ1) is 50.8. The second kappa shape index (κ2) is 41.0. The van der Waals surface area contributed by atoms with Crippen LogP contribution in [0.1, 0.15) is 19.3 Å². The van der Waals surface area contributed by atoms with Crippen molar-refractivity contribution in [3.63, 3.8) is 0 Å². The van der Waals surface area contributed by atoms with Gasteiger partial charge in [-0.25, -0.2) is 0 Å². The number of amides is 2. The second-order valence-corrected chi connectivity index (χ2v) is 26.7. The minimum atomic E-state index is -2.14. The van der Waals surface area contributed by atoms with Crippen molar-refractivity contribution in [2.75, 3.05) is 79.3 Å². The highest BCUT2D eigenvalue weighted by Crippen LogP contribution is 2.36. The largest absolute Gasteiger partial charge is 0.394 e. The molecule has 0 aromatic rings. The number of aliphatic hydroxyl groups is 28. The minimum absolute atomic E-state index is 0.370. The highest BCUT2D eigenvalue weighted by molar-refractivity contribution is 5.79. The van der Waals surface area contributed by atoms with Crippen molar-refractivity contribution in [2.45, 2.75) is 277 Å². The first-order valence-corrected chi connectivity index (χ1v) is 34.2. The Labute approximate surface area is 605 Å². The summed E-state index contributed by atoms with van der Waals surface area (Å²) in [5, 5.41) is 300. The van der Waals surface area contributed by atoms with Crippen molar-refractivity contribution in [3.8, 4) is 0 Å². The Bertz CT molecular complexity index is 2310. The average Bonchev–Trinajstić information content (AvgIpc) is 0.773. The summed E-state index contributed by atoms with van der Waals surface area (Å²) in [6.07, 6.45) is -77.0. The maximum absolute atomic E-state index is 13.9. The molecule has 107 heavy (non-hydrogen) atoms. The van der Waals surface area contributed by atoms with Gasteiger partial charge in [-0.1, -0.05) is 0 Å². The van der Waals surface area contributed by atoms with E-state index < -0.39 is 362 Å². The monoisotopic (exact) mass is 1570 g/mol. The molecule has 0 bridgehead atoms. The fourth-order valence-corrected chi connectivity index (χ4v) is 12.9. The van der Waals surface area contributed by atoms with Crippen LogP contribution in [-0.4, -0.2) is 492 Å². The molecule has 8 aliphatic rings. The molecular weight excluding hydrogens is 1470 g/mol. The van der Waals surface area contributed by atoms with Crippen LogP contribution >= 0.6 is 0 Å². The number of carbonyl (C=O) groups excluding carboxylic acids is 2. The van der Waals surface area contributed by atoms with Crippen LogP contribution in [0.2, 0.25) is 0 Å². The van der Waals surface area contributed by atoms with Crippen LogP contribution in [-0.2, 0) is 85.4 Å². The van der Waals surface area contributed by atoms with Crippen LogP contribution in [0.15, 0.2) is 0 Å². The Balaban J connectivity index is 0.947. The van der Waals surface area contributed by atoms with Gasteiger partial charge in [0.15, 0.2) is 50.3 Å². The van der Waals surface area contributed by atoms with E-state index in [2.05, 4.69) is 10.6 Å². The predicted octanol–water partition coefficient (Wildman–Crippen LogP) is -20.3. The van der Waals surface area contributed by atoms with Crippen molar-refractivity contribution in [2.24, 2.45) is 0 Å². The van der Waals surface area contributed by atoms with Gasteiger partial charge in [-0.2, -0.15) is 0 Å². The summed E-state index contributed by atoms with van der Waals surface area (Å²) >= 11 is 0. The summed E-state index contributed by atoms with van der Waals surface area (Å²) in [4.78, 5) is 27.8. The molecule has 0 saturated carbocycles. The van der Waals surface area contributed by atoms with E-state index >= 15 is 0 Å². The highest BCUT2D eigenvalue weighted by Gasteiger charge is 2.57. The quantitative estimate of drug-likeness (QED) is 0.0284. The maximum atomic E-state index is 13.9. The smallest absolute Gasteiger partial charge is 0.220 e. The molecule has 2 amide bonds. The third-order valence-electron chi connectivity index (χ3n) is 19.2. The summed E-state index contributed by atoms with van der Waals surface area (Å²) in [5.41, 5.74) is 0. The van der Waals surface area contributed by atoms with Gasteiger partial charge in [-0.05, 0) is 6.42 Å². The van der Waals surface area contributed by atoms with E-state index in [0.29, 0.717) is 0 Å². The zero-order chi connectivity index (χ0) is 78.7. The lowest BCUT2D eigenvalue weighted by atomic mass is 9.97. The zero-order valence-corrected chi connectivity index (χ0v) is 56.7. The third kappa shape index (κ3) is 21.2. The zero-order valence-electron chi connectivity index (χ0n) is 56.7. The van der Waals surface area contributed by atoms with Crippen LogP contribution in [0.25, 0.3) is 0 Å². The Morgan fingerprint density at radius 1 is 0.243 bits per heavy atom. The maximum Gasteiger partial charge on any atom is 0.220 e. The molecule has 30 N–H and O–H groups in total. The number of nitrogens with one attached hydrogen (secondary N) is 2. The number of hydrogen-bond acceptors (Lipinski definition) is 46. The van der Waals surface area contributed by atoms with Gasteiger partial charge in [0.25, 0.3) is 0 Å². The molecule has 0 aromatic carbocycles. The van der Waals surface area contributed by atoms with Crippen LogP contribution < -0.4 is 10.6 Å². The second-order valence-electron chi connectivity index (χ2n) is 26.7. The first-order valence-electron chi connectivity index (χ1n) is 34.2. The SMILES string of the molecule is O=C(CCCC(=O)NC(CO[C@@H]1O[C@H](CO)[C@@H](O[C@@H]2O[C@H](CO)[C@H](O)[C@H](O)[C@H]2O)[C@H](O)[C@H]1O)CO[C@@H]1O[C@H](CO)[C@@H](O[C@@H]2O[C@H](CO)[C@H](O)[C@H](O)[C@H]2O)[C@H](O)[C@H]1O)NC(CO[C@@H]1O[C@H](CO)[C@@H](O[C@@H]2O[C@H](CO)[C@H](O)[C@H](O)[C@H]2O)[C@H](O)[C@H]1O)CO[C@@H]1O[C@H](CO)[C@@H](O[C@@H]2O[C@H](CO)[C@H](O)[C@H](O)[C@H]2O)[C@H](O)[C@H]1O. The minimum Gasteiger partial charge on any atom is -0.394 e. The highest BCUT2D eigenvalue weighted by atomic mass is 16.8. The summed E-state index contributed by atoms with van der Waals surface area (Å²) in [5.74, 6) is -1.86. The normalized spacial score (nSPS) is 46.6. The van der Waals surface area contributed by atoms with E-state index in [9.17, 15) is 153 Å². The summed E-state index contributed by atoms with van der Waals surface area (Å²) in [6.45, 7) is -10.9. The van der Waals surface area contributed by atoms with E-state index in [1.54, 1.807) is 0 Å². The lowest BCUT2D eigenvalue weighted by Crippen LogP contribution is -2.65. The van der Waals surface area contributed by atoms with Gasteiger partial charge < -0.3 is 229 Å². The Hall–Kier alpha value is -2.82. The molecule has 8 fully saturated rings. The molecule has 8 heterocycles. The molecule has 48 heteroatoms. The molecule has 8 aliphatic heterocycles. The van der Waals surface area contributed by atoms with Crippen LogP contribution in [0, 0.1) is 0 Å². The standard InChI is InChI=1S/C59H102N2O46/c62-4-18-28(72)32(76)40(84)56(96-18)104-48-22(8-66)100-52(44(88)36(48)80)92-12-16(13-93-53-45(89)37(81)49(23(9-67)101-53)105-57-41(85)33(77)29(73)19(5-63)97-57)60-26(70)2-1-3-27(71)61-17(14-94-54-46(90)38(82)50(24(10-68)102-54)106-58-42(86)34(78)30(74)20(6-64)98-58)15-95-55-47(91)39(83)51(25(11-69)103-55)107-59-43(87)35(79)31(75)21(7-65)99-59/h16-25,28-59,62-69,72-91H,1-15H2,(H,60,70)(H,61,71)/t18-,19-,20-,21-,22-,23-,24-,25-,28+,29+,30+,31+,32+,33+,34+,35+,36-,37-,38-,39-,40-,41-,42-,43-,44-,45-,46-,47-,48-,49-,50-,51-,52-,53-,54-,55-,56+,57+,58+,59+/m1/s1. The number of ether oxygens (including phenoxy) is 16. The average molecular weight is 1580 g/mol. The first kappa shape index (κ1) is 89.7. The molecular formula is C59H102N2O46. The fraction of sp³-hybridized carbons (Fsp3) is 0.966. The van der Waals surface area contributed by atoms with E-state index in [4.69, 9.17) is 75.8 Å². The topological polar surface area (TPSA) is 772 Å². The van der Waals surface area contributed by atoms with Crippen molar-refractivity contribution >= 4 is 11.8 Å². The van der Waals surface area contributed by atoms with Gasteiger partial charge in [0.1, 0.15) is 195 Å². The third-order valence-corrected chi connectivity index (χ3v) is 19.2. The molecule has 8 saturated heterocycles. The van der Waals surface area contributed by atoms with Crippen molar-refractivity contribution < 1.29 is 228 Å². The van der Waals surface area contributed by atoms with Crippen molar-refractivity contribution in [1.82, 2.24) is 10.6 Å². The Kier molecular flexibility index (Phi) is 34.3. The molecule has 624 valence electrons. The number of hydrogen-bond donors (Lipinski definition) is 30. The van der Waals surface area contributed by atoms with Crippen molar-refractivity contribution in [1.29, 1.82) is 0 Å². The summed E-state index contributed by atoms with van der Waals surface area (Å²) in [7, 11) is 0. The van der Waals surface area contributed by atoms with E-state index in [1.165, 1.54) is 0 Å². The number of aliphatic hydroxyl groups excluding tert-OH is 28. The predicted molar refractivity (Wildman–Crippen MR) is 327 cm³/mol. The molecule has 0 radical (unpaired) electrons. The lowest BCUT2D eigenvalue weighted by Gasteiger charge is -2.46. The molecule has 40 atom stereocenters. The molecule has 0 aliphatic carbocycles. The van der Waals surface area contributed by atoms with Gasteiger partial charge in [0.2, 0.25) is 11.8 Å². The van der Waals surface area contributed by atoms with Gasteiger partial charge in [-0.3, -0.25) is 9.59 Å². The fourth-order valence-electron chi connectivity index (χ4n) is 12.9. The molecule has 48 nitrogen and oxygen atoms in total. The molecule has 8 rings (SSSR count). The summed E-state index contributed by atoms with van der Waals surface area (Å²) in [6, 6.07) is -3.01.